The number of benzene rings is 2. The fourth-order valence-electron chi connectivity index (χ4n) is 2.14. The summed E-state index contributed by atoms with van der Waals surface area (Å²) < 4.78 is 19.2. The molecule has 0 bridgehead atoms. The average molecular weight is 288 g/mol. The molecule has 0 amide bonds. The quantitative estimate of drug-likeness (QED) is 0.847. The van der Waals surface area contributed by atoms with E-state index in [1.807, 2.05) is 19.1 Å². The summed E-state index contributed by atoms with van der Waals surface area (Å²) in [7, 11) is 0. The SMILES string of the molecule is Cc1ccc(C(C)C)cc1Oc1ccc(F)cc1C(C)O. The van der Waals surface area contributed by atoms with Crippen molar-refractivity contribution in [1.29, 1.82) is 0 Å². The number of ether oxygens (including phenoxy) is 1. The normalized spacial score (nSPS) is 12.5. The monoisotopic (exact) mass is 288 g/mol. The third-order valence-corrected chi connectivity index (χ3v) is 3.52. The number of aryl methyl sites for hydroxylation is 1. The van der Waals surface area contributed by atoms with Crippen molar-refractivity contribution >= 4 is 0 Å². The molecule has 2 rings (SSSR count). The van der Waals surface area contributed by atoms with Gasteiger partial charge in [-0.05, 0) is 55.2 Å². The summed E-state index contributed by atoms with van der Waals surface area (Å²) in [6, 6.07) is 10.3. The van der Waals surface area contributed by atoms with Gasteiger partial charge >= 0.3 is 0 Å². The first kappa shape index (κ1) is 15.5. The molecule has 1 unspecified atom stereocenters. The molecule has 0 spiro atoms. The van der Waals surface area contributed by atoms with Crippen LogP contribution in [0.5, 0.6) is 11.5 Å². The highest BCUT2D eigenvalue weighted by Gasteiger charge is 2.13. The Balaban J connectivity index is 2.40. The molecule has 2 nitrogen and oxygen atoms in total. The van der Waals surface area contributed by atoms with Crippen LogP contribution in [0.1, 0.15) is 49.5 Å². The number of aliphatic hydroxyl groups is 1. The Hall–Kier alpha value is -1.87. The van der Waals surface area contributed by atoms with Crippen LogP contribution in [-0.2, 0) is 0 Å². The minimum atomic E-state index is -0.788. The van der Waals surface area contributed by atoms with Gasteiger partial charge in [0.05, 0.1) is 6.10 Å². The van der Waals surface area contributed by atoms with E-state index in [4.69, 9.17) is 4.74 Å². The summed E-state index contributed by atoms with van der Waals surface area (Å²) in [6.07, 6.45) is -0.788. The van der Waals surface area contributed by atoms with Gasteiger partial charge < -0.3 is 9.84 Å². The van der Waals surface area contributed by atoms with Crippen LogP contribution in [0.3, 0.4) is 0 Å². The van der Waals surface area contributed by atoms with Crippen molar-refractivity contribution in [2.45, 2.75) is 39.7 Å². The van der Waals surface area contributed by atoms with Gasteiger partial charge in [0.25, 0.3) is 0 Å². The summed E-state index contributed by atoms with van der Waals surface area (Å²) in [6.45, 7) is 7.80. The molecular weight excluding hydrogens is 267 g/mol. The van der Waals surface area contributed by atoms with Gasteiger partial charge in [0, 0.05) is 5.56 Å². The van der Waals surface area contributed by atoms with E-state index in [2.05, 4.69) is 19.9 Å². The minimum Gasteiger partial charge on any atom is -0.457 e. The molecule has 0 aliphatic heterocycles. The first-order valence-corrected chi connectivity index (χ1v) is 7.14. The van der Waals surface area contributed by atoms with Crippen LogP contribution in [0.25, 0.3) is 0 Å². The van der Waals surface area contributed by atoms with Gasteiger partial charge in [-0.25, -0.2) is 4.39 Å². The molecule has 1 N–H and O–H groups in total. The summed E-state index contributed by atoms with van der Waals surface area (Å²) >= 11 is 0. The largest absolute Gasteiger partial charge is 0.457 e. The molecule has 112 valence electrons. The second-order valence-electron chi connectivity index (χ2n) is 5.64. The first-order chi connectivity index (χ1) is 9.88. The number of aliphatic hydroxyl groups excluding tert-OH is 1. The molecule has 0 aliphatic rings. The Labute approximate surface area is 125 Å². The van der Waals surface area contributed by atoms with Gasteiger partial charge in [0.1, 0.15) is 17.3 Å². The lowest BCUT2D eigenvalue weighted by Gasteiger charge is -2.16. The highest BCUT2D eigenvalue weighted by atomic mass is 19.1. The number of hydrogen-bond donors (Lipinski definition) is 1. The van der Waals surface area contributed by atoms with Crippen LogP contribution >= 0.6 is 0 Å². The molecule has 3 heteroatoms. The van der Waals surface area contributed by atoms with E-state index >= 15 is 0 Å². The number of hydrogen-bond acceptors (Lipinski definition) is 2. The molecule has 2 aromatic rings. The van der Waals surface area contributed by atoms with Crippen molar-refractivity contribution in [2.75, 3.05) is 0 Å². The standard InChI is InChI=1S/C18H21FO2/c1-11(2)14-6-5-12(3)18(9-14)21-17-8-7-15(19)10-16(17)13(4)20/h5-11,13,20H,1-4H3. The van der Waals surface area contributed by atoms with E-state index in [0.717, 1.165) is 11.3 Å². The van der Waals surface area contributed by atoms with E-state index in [9.17, 15) is 9.50 Å². The maximum atomic E-state index is 13.3. The zero-order chi connectivity index (χ0) is 15.6. The van der Waals surface area contributed by atoms with E-state index in [1.54, 1.807) is 13.0 Å². The van der Waals surface area contributed by atoms with Gasteiger partial charge in [0.15, 0.2) is 0 Å². The zero-order valence-corrected chi connectivity index (χ0v) is 12.9. The van der Waals surface area contributed by atoms with Gasteiger partial charge in [-0.15, -0.1) is 0 Å². The molecule has 0 saturated heterocycles. The van der Waals surface area contributed by atoms with Crippen molar-refractivity contribution in [3.8, 4) is 11.5 Å². The Bertz CT molecular complexity index is 633. The van der Waals surface area contributed by atoms with Crippen LogP contribution in [0.2, 0.25) is 0 Å². The molecule has 1 atom stereocenters. The minimum absolute atomic E-state index is 0.383. The first-order valence-electron chi connectivity index (χ1n) is 7.14. The predicted molar refractivity (Wildman–Crippen MR) is 82.4 cm³/mol. The summed E-state index contributed by atoms with van der Waals surface area (Å²) in [5, 5.41) is 9.77. The third-order valence-electron chi connectivity index (χ3n) is 3.52. The lowest BCUT2D eigenvalue weighted by atomic mass is 10.0. The molecule has 0 aromatic heterocycles. The molecule has 2 aromatic carbocycles. The van der Waals surface area contributed by atoms with Gasteiger partial charge in [-0.1, -0.05) is 26.0 Å². The van der Waals surface area contributed by atoms with E-state index in [0.29, 0.717) is 17.2 Å². The lowest BCUT2D eigenvalue weighted by molar-refractivity contribution is 0.195. The highest BCUT2D eigenvalue weighted by molar-refractivity contribution is 5.44. The Morgan fingerprint density at radius 1 is 1.00 bits per heavy atom. The smallest absolute Gasteiger partial charge is 0.133 e. The Kier molecular flexibility index (Phi) is 4.63. The Morgan fingerprint density at radius 3 is 2.33 bits per heavy atom. The molecule has 0 heterocycles. The fourth-order valence-corrected chi connectivity index (χ4v) is 2.14. The summed E-state index contributed by atoms with van der Waals surface area (Å²) in [5.41, 5.74) is 2.63. The van der Waals surface area contributed by atoms with Crippen molar-refractivity contribution in [3.63, 3.8) is 0 Å². The van der Waals surface area contributed by atoms with Gasteiger partial charge in [-0.2, -0.15) is 0 Å². The predicted octanol–water partition coefficient (Wildman–Crippen LogP) is 5.10. The van der Waals surface area contributed by atoms with E-state index in [-0.39, 0.29) is 5.82 Å². The van der Waals surface area contributed by atoms with Crippen LogP contribution < -0.4 is 4.74 Å². The lowest BCUT2D eigenvalue weighted by Crippen LogP contribution is -1.99. The van der Waals surface area contributed by atoms with Crippen molar-refractivity contribution in [3.05, 3.63) is 58.9 Å². The maximum Gasteiger partial charge on any atom is 0.133 e. The molecular formula is C18H21FO2. The van der Waals surface area contributed by atoms with E-state index < -0.39 is 6.10 Å². The summed E-state index contributed by atoms with van der Waals surface area (Å²) in [5.74, 6) is 1.23. The molecule has 0 saturated carbocycles. The van der Waals surface area contributed by atoms with Crippen molar-refractivity contribution in [1.82, 2.24) is 0 Å². The highest BCUT2D eigenvalue weighted by Crippen LogP contribution is 2.33. The van der Waals surface area contributed by atoms with Crippen molar-refractivity contribution in [2.24, 2.45) is 0 Å². The van der Waals surface area contributed by atoms with E-state index in [1.165, 1.54) is 17.7 Å². The zero-order valence-electron chi connectivity index (χ0n) is 12.9. The molecule has 0 fully saturated rings. The second-order valence-corrected chi connectivity index (χ2v) is 5.64. The second kappa shape index (κ2) is 6.27. The van der Waals surface area contributed by atoms with Crippen LogP contribution in [0, 0.1) is 12.7 Å². The number of halogens is 1. The van der Waals surface area contributed by atoms with Crippen molar-refractivity contribution < 1.29 is 14.2 Å². The van der Waals surface area contributed by atoms with Gasteiger partial charge in [0.2, 0.25) is 0 Å². The summed E-state index contributed by atoms with van der Waals surface area (Å²) in [4.78, 5) is 0. The number of rotatable bonds is 4. The molecule has 21 heavy (non-hydrogen) atoms. The molecule has 0 aliphatic carbocycles. The topological polar surface area (TPSA) is 29.5 Å². The fraction of sp³-hybridized carbons (Fsp3) is 0.333. The van der Waals surface area contributed by atoms with Gasteiger partial charge in [-0.3, -0.25) is 0 Å². The van der Waals surface area contributed by atoms with Crippen LogP contribution in [0.4, 0.5) is 4.39 Å². The Morgan fingerprint density at radius 2 is 1.71 bits per heavy atom. The molecule has 0 radical (unpaired) electrons. The third kappa shape index (κ3) is 3.61. The van der Waals surface area contributed by atoms with Crippen LogP contribution in [-0.4, -0.2) is 5.11 Å². The average Bonchev–Trinajstić information content (AvgIpc) is 2.42. The van der Waals surface area contributed by atoms with Crippen LogP contribution in [0.15, 0.2) is 36.4 Å². The maximum absolute atomic E-state index is 13.3.